The van der Waals surface area contributed by atoms with Crippen LogP contribution in [-0.4, -0.2) is 26.9 Å². The topological polar surface area (TPSA) is 64.2 Å². The number of rotatable bonds is 2. The number of benzene rings is 1. The van der Waals surface area contributed by atoms with Crippen LogP contribution in [0, 0.1) is 0 Å². The lowest BCUT2D eigenvalue weighted by molar-refractivity contribution is -0.134. The molecule has 2 N–H and O–H groups in total. The summed E-state index contributed by atoms with van der Waals surface area (Å²) in [5, 5.41) is 0. The van der Waals surface area contributed by atoms with E-state index in [-0.39, 0.29) is 5.91 Å². The first-order chi connectivity index (χ1) is 9.25. The first-order valence-corrected chi connectivity index (χ1v) is 6.35. The summed E-state index contributed by atoms with van der Waals surface area (Å²) in [5.41, 5.74) is 6.89. The summed E-state index contributed by atoms with van der Waals surface area (Å²) in [5.74, 6) is 0.875. The van der Waals surface area contributed by atoms with Gasteiger partial charge in [0.15, 0.2) is 0 Å². The molecule has 5 heteroatoms. The van der Waals surface area contributed by atoms with Crippen molar-refractivity contribution in [2.75, 3.05) is 6.54 Å². The Morgan fingerprint density at radius 3 is 2.84 bits per heavy atom. The zero-order valence-corrected chi connectivity index (χ0v) is 10.6. The van der Waals surface area contributed by atoms with Crippen molar-refractivity contribution < 1.29 is 4.79 Å². The molecule has 2 aromatic rings. The van der Waals surface area contributed by atoms with Crippen LogP contribution in [-0.2, 0) is 17.9 Å². The minimum absolute atomic E-state index is 0.0412. The van der Waals surface area contributed by atoms with Crippen LogP contribution in [0.4, 0.5) is 0 Å². The standard InChI is InChI=1S/C14H16N4O/c15-13(11-4-2-1-3-5-11)14(19)18-9-8-17-7-6-16-12(17)10-18/h1-7,13H,8-10,15H2. The number of nitrogens with two attached hydrogens (primary N) is 1. The van der Waals surface area contributed by atoms with Gasteiger partial charge in [-0.05, 0) is 5.56 Å². The number of fused-ring (bicyclic) bond motifs is 1. The average Bonchev–Trinajstić information content (AvgIpc) is 2.94. The maximum Gasteiger partial charge on any atom is 0.244 e. The van der Waals surface area contributed by atoms with E-state index >= 15 is 0 Å². The van der Waals surface area contributed by atoms with Crippen molar-refractivity contribution in [2.24, 2.45) is 5.73 Å². The second-order valence-corrected chi connectivity index (χ2v) is 4.69. The Bertz CT molecular complexity index is 578. The van der Waals surface area contributed by atoms with Crippen molar-refractivity contribution >= 4 is 5.91 Å². The monoisotopic (exact) mass is 256 g/mol. The molecule has 5 nitrogen and oxygen atoms in total. The number of carbonyl (C=O) groups excluding carboxylic acids is 1. The lowest BCUT2D eigenvalue weighted by Crippen LogP contribution is -2.43. The fourth-order valence-electron chi connectivity index (χ4n) is 2.36. The van der Waals surface area contributed by atoms with E-state index in [1.54, 1.807) is 11.1 Å². The van der Waals surface area contributed by atoms with Crippen molar-refractivity contribution in [2.45, 2.75) is 19.1 Å². The van der Waals surface area contributed by atoms with Crippen molar-refractivity contribution in [3.63, 3.8) is 0 Å². The fourth-order valence-corrected chi connectivity index (χ4v) is 2.36. The molecule has 3 rings (SSSR count). The van der Waals surface area contributed by atoms with Crippen LogP contribution in [0.5, 0.6) is 0 Å². The first kappa shape index (κ1) is 11.9. The molecule has 1 unspecified atom stereocenters. The van der Waals surface area contributed by atoms with Crippen LogP contribution in [0.3, 0.4) is 0 Å². The van der Waals surface area contributed by atoms with E-state index in [9.17, 15) is 4.79 Å². The molecule has 1 aliphatic rings. The minimum atomic E-state index is -0.595. The molecule has 2 heterocycles. The molecule has 0 bridgehead atoms. The molecule has 1 aliphatic heterocycles. The van der Waals surface area contributed by atoms with Gasteiger partial charge in [-0.1, -0.05) is 30.3 Å². The number of imidazole rings is 1. The summed E-state index contributed by atoms with van der Waals surface area (Å²) >= 11 is 0. The molecule has 19 heavy (non-hydrogen) atoms. The molecule has 0 saturated carbocycles. The largest absolute Gasteiger partial charge is 0.332 e. The van der Waals surface area contributed by atoms with Gasteiger partial charge in [-0.3, -0.25) is 4.79 Å². The summed E-state index contributed by atoms with van der Waals surface area (Å²) in [6, 6.07) is 8.87. The van der Waals surface area contributed by atoms with E-state index in [0.717, 1.165) is 17.9 Å². The molecule has 1 aromatic heterocycles. The van der Waals surface area contributed by atoms with Gasteiger partial charge >= 0.3 is 0 Å². The molecular formula is C14H16N4O. The maximum atomic E-state index is 12.4. The van der Waals surface area contributed by atoms with Crippen LogP contribution in [0.2, 0.25) is 0 Å². The summed E-state index contributed by atoms with van der Waals surface area (Å²) < 4.78 is 2.07. The number of carbonyl (C=O) groups is 1. The smallest absolute Gasteiger partial charge is 0.244 e. The Hall–Kier alpha value is -2.14. The van der Waals surface area contributed by atoms with E-state index in [4.69, 9.17) is 5.73 Å². The van der Waals surface area contributed by atoms with Crippen LogP contribution >= 0.6 is 0 Å². The summed E-state index contributed by atoms with van der Waals surface area (Å²) in [6.45, 7) is 2.00. The lowest BCUT2D eigenvalue weighted by atomic mass is 10.1. The Labute approximate surface area is 111 Å². The summed E-state index contributed by atoms with van der Waals surface area (Å²) in [7, 11) is 0. The van der Waals surface area contributed by atoms with E-state index in [2.05, 4.69) is 9.55 Å². The summed E-state index contributed by atoms with van der Waals surface area (Å²) in [6.07, 6.45) is 3.70. The van der Waals surface area contributed by atoms with E-state index in [0.29, 0.717) is 13.1 Å². The quantitative estimate of drug-likeness (QED) is 0.869. The zero-order chi connectivity index (χ0) is 13.2. The van der Waals surface area contributed by atoms with Crippen molar-refractivity contribution in [3.05, 3.63) is 54.1 Å². The van der Waals surface area contributed by atoms with Crippen molar-refractivity contribution in [1.29, 1.82) is 0 Å². The predicted molar refractivity (Wildman–Crippen MR) is 71.0 cm³/mol. The van der Waals surface area contributed by atoms with Gasteiger partial charge in [-0.2, -0.15) is 0 Å². The Morgan fingerprint density at radius 1 is 1.26 bits per heavy atom. The third kappa shape index (κ3) is 2.24. The van der Waals surface area contributed by atoms with E-state index in [1.807, 2.05) is 36.5 Å². The van der Waals surface area contributed by atoms with Gasteiger partial charge in [0, 0.05) is 25.5 Å². The number of hydrogen-bond donors (Lipinski definition) is 1. The van der Waals surface area contributed by atoms with Crippen LogP contribution in [0.1, 0.15) is 17.4 Å². The van der Waals surface area contributed by atoms with Crippen LogP contribution in [0.25, 0.3) is 0 Å². The van der Waals surface area contributed by atoms with Crippen LogP contribution in [0.15, 0.2) is 42.7 Å². The molecule has 1 amide bonds. The number of amides is 1. The minimum Gasteiger partial charge on any atom is -0.332 e. The average molecular weight is 256 g/mol. The second-order valence-electron chi connectivity index (χ2n) is 4.69. The van der Waals surface area contributed by atoms with Gasteiger partial charge in [0.25, 0.3) is 0 Å². The Kier molecular flexibility index (Phi) is 3.05. The molecule has 1 aromatic carbocycles. The van der Waals surface area contributed by atoms with Gasteiger partial charge in [0.05, 0.1) is 6.54 Å². The van der Waals surface area contributed by atoms with Gasteiger partial charge in [-0.15, -0.1) is 0 Å². The van der Waals surface area contributed by atoms with Crippen molar-refractivity contribution in [3.8, 4) is 0 Å². The molecular weight excluding hydrogens is 240 g/mol. The molecule has 0 saturated heterocycles. The lowest BCUT2D eigenvalue weighted by Gasteiger charge is -2.29. The molecule has 0 aliphatic carbocycles. The third-order valence-corrected chi connectivity index (χ3v) is 3.48. The second kappa shape index (κ2) is 4.85. The van der Waals surface area contributed by atoms with Gasteiger partial charge in [0.1, 0.15) is 11.9 Å². The van der Waals surface area contributed by atoms with E-state index in [1.165, 1.54) is 0 Å². The Morgan fingerprint density at radius 2 is 2.05 bits per heavy atom. The summed E-state index contributed by atoms with van der Waals surface area (Å²) in [4.78, 5) is 18.4. The highest BCUT2D eigenvalue weighted by atomic mass is 16.2. The molecule has 0 radical (unpaired) electrons. The SMILES string of the molecule is NC(C(=O)N1CCn2ccnc2C1)c1ccccc1. The highest BCUT2D eigenvalue weighted by molar-refractivity contribution is 5.83. The van der Waals surface area contributed by atoms with Gasteiger partial charge in [-0.25, -0.2) is 4.98 Å². The normalized spacial score (nSPS) is 15.9. The Balaban J connectivity index is 1.75. The fraction of sp³-hybridized carbons (Fsp3) is 0.286. The predicted octanol–water partition coefficient (Wildman–Crippen LogP) is 0.925. The van der Waals surface area contributed by atoms with Crippen LogP contribution < -0.4 is 5.73 Å². The first-order valence-electron chi connectivity index (χ1n) is 6.35. The number of hydrogen-bond acceptors (Lipinski definition) is 3. The zero-order valence-electron chi connectivity index (χ0n) is 10.6. The molecule has 1 atom stereocenters. The van der Waals surface area contributed by atoms with Crippen molar-refractivity contribution in [1.82, 2.24) is 14.5 Å². The molecule has 0 fully saturated rings. The van der Waals surface area contributed by atoms with E-state index < -0.39 is 6.04 Å². The molecule has 98 valence electrons. The molecule has 0 spiro atoms. The number of nitrogens with zero attached hydrogens (tertiary/aromatic N) is 3. The highest BCUT2D eigenvalue weighted by Gasteiger charge is 2.26. The number of aromatic nitrogens is 2. The van der Waals surface area contributed by atoms with Gasteiger partial charge < -0.3 is 15.2 Å². The van der Waals surface area contributed by atoms with Gasteiger partial charge in [0.2, 0.25) is 5.91 Å². The third-order valence-electron chi connectivity index (χ3n) is 3.48. The maximum absolute atomic E-state index is 12.4. The highest BCUT2D eigenvalue weighted by Crippen LogP contribution is 2.17.